The van der Waals surface area contributed by atoms with E-state index < -0.39 is 10.0 Å². The molecule has 0 N–H and O–H groups in total. The lowest BCUT2D eigenvalue weighted by atomic mass is 10.1. The number of para-hydroxylation sites is 1. The van der Waals surface area contributed by atoms with E-state index in [0.29, 0.717) is 18.7 Å². The van der Waals surface area contributed by atoms with E-state index in [-0.39, 0.29) is 10.8 Å². The first kappa shape index (κ1) is 20.9. The van der Waals surface area contributed by atoms with Crippen LogP contribution in [-0.4, -0.2) is 57.8 Å². The third kappa shape index (κ3) is 4.87. The Morgan fingerprint density at radius 2 is 1.67 bits per heavy atom. The van der Waals surface area contributed by atoms with E-state index in [4.69, 9.17) is 4.74 Å². The molecule has 0 saturated heterocycles. The van der Waals surface area contributed by atoms with Gasteiger partial charge in [0.05, 0.1) is 11.4 Å². The summed E-state index contributed by atoms with van der Waals surface area (Å²) >= 11 is 0. The number of hydrogen-bond donors (Lipinski definition) is 0. The lowest BCUT2D eigenvalue weighted by Gasteiger charge is -2.20. The van der Waals surface area contributed by atoms with Crippen LogP contribution in [0.5, 0.6) is 5.75 Å². The van der Waals surface area contributed by atoms with Crippen molar-refractivity contribution in [2.45, 2.75) is 18.7 Å². The Morgan fingerprint density at radius 1 is 1.00 bits per heavy atom. The maximum absolute atomic E-state index is 12.8. The Balaban J connectivity index is 2.11. The second-order valence-electron chi connectivity index (χ2n) is 6.60. The van der Waals surface area contributed by atoms with Crippen molar-refractivity contribution in [1.82, 2.24) is 9.21 Å². The average molecular weight is 391 g/mol. The molecule has 0 atom stereocenters. The van der Waals surface area contributed by atoms with Crippen LogP contribution >= 0.6 is 0 Å². The second-order valence-corrected chi connectivity index (χ2v) is 8.76. The third-order valence-corrected chi connectivity index (χ3v) is 6.15. The number of nitrogens with zero attached hydrogens (tertiary/aromatic N) is 2. The first-order valence-corrected chi connectivity index (χ1v) is 10.1. The van der Waals surface area contributed by atoms with Crippen LogP contribution in [0.4, 0.5) is 0 Å². The summed E-state index contributed by atoms with van der Waals surface area (Å²) in [5, 5.41) is 0. The average Bonchev–Trinajstić information content (AvgIpc) is 2.62. The van der Waals surface area contributed by atoms with E-state index in [1.165, 1.54) is 31.1 Å². The Kier molecular flexibility index (Phi) is 6.62. The summed E-state index contributed by atoms with van der Waals surface area (Å²) in [5.41, 5.74) is 2.13. The van der Waals surface area contributed by atoms with E-state index in [1.54, 1.807) is 20.0 Å². The van der Waals surface area contributed by atoms with Crippen molar-refractivity contribution in [3.05, 3.63) is 59.2 Å². The molecule has 146 valence electrons. The predicted molar refractivity (Wildman–Crippen MR) is 106 cm³/mol. The fourth-order valence-corrected chi connectivity index (χ4v) is 3.45. The molecule has 0 aromatic heterocycles. The number of rotatable bonds is 7. The molecule has 0 aliphatic heterocycles. The first-order valence-electron chi connectivity index (χ1n) is 8.61. The highest BCUT2D eigenvalue weighted by molar-refractivity contribution is 7.89. The Labute approximate surface area is 161 Å². The molecule has 0 fully saturated rings. The molecule has 27 heavy (non-hydrogen) atoms. The normalized spacial score (nSPS) is 11.5. The molecule has 2 aromatic carbocycles. The molecule has 0 unspecified atom stereocenters. The summed E-state index contributed by atoms with van der Waals surface area (Å²) in [4.78, 5) is 14.4. The van der Waals surface area contributed by atoms with Gasteiger partial charge in [0.25, 0.3) is 5.91 Å². The number of hydrogen-bond acceptors (Lipinski definition) is 4. The van der Waals surface area contributed by atoms with E-state index >= 15 is 0 Å². The van der Waals surface area contributed by atoms with Crippen LogP contribution in [0, 0.1) is 13.8 Å². The summed E-state index contributed by atoms with van der Waals surface area (Å²) in [5.74, 6) is 0.547. The molecule has 1 amide bonds. The van der Waals surface area contributed by atoms with Gasteiger partial charge in [-0.3, -0.25) is 4.79 Å². The van der Waals surface area contributed by atoms with Crippen molar-refractivity contribution < 1.29 is 17.9 Å². The number of amides is 1. The Bertz CT molecular complexity index is 923. The van der Waals surface area contributed by atoms with Gasteiger partial charge in [0.1, 0.15) is 12.4 Å². The molecule has 6 nitrogen and oxygen atoms in total. The van der Waals surface area contributed by atoms with Crippen molar-refractivity contribution in [2.75, 3.05) is 34.3 Å². The van der Waals surface area contributed by atoms with Crippen LogP contribution in [0.2, 0.25) is 0 Å². The molecule has 2 rings (SSSR count). The van der Waals surface area contributed by atoms with E-state index in [1.807, 2.05) is 31.2 Å². The molecule has 0 saturated carbocycles. The van der Waals surface area contributed by atoms with Gasteiger partial charge in [-0.15, -0.1) is 0 Å². The molecule has 0 heterocycles. The molecular formula is C20H26N2O4S. The second kappa shape index (κ2) is 8.54. The third-order valence-electron chi connectivity index (χ3n) is 4.34. The van der Waals surface area contributed by atoms with E-state index in [0.717, 1.165) is 21.2 Å². The van der Waals surface area contributed by atoms with Crippen LogP contribution < -0.4 is 4.74 Å². The highest BCUT2D eigenvalue weighted by Gasteiger charge is 2.21. The minimum atomic E-state index is -3.60. The quantitative estimate of drug-likeness (QED) is 0.729. The number of likely N-dealkylation sites (N-methyl/N-ethyl adjacent to an activating group) is 1. The van der Waals surface area contributed by atoms with Crippen molar-refractivity contribution in [2.24, 2.45) is 0 Å². The van der Waals surface area contributed by atoms with Crippen molar-refractivity contribution in [3.63, 3.8) is 0 Å². The SMILES string of the molecule is Cc1ccccc1OCCN(C)C(=O)c1cc(S(=O)(=O)N(C)C)ccc1C. The highest BCUT2D eigenvalue weighted by Crippen LogP contribution is 2.20. The fraction of sp³-hybridized carbons (Fsp3) is 0.350. The molecule has 0 spiro atoms. The summed E-state index contributed by atoms with van der Waals surface area (Å²) in [7, 11) is 1.01. The van der Waals surface area contributed by atoms with Gasteiger partial charge in [-0.05, 0) is 43.2 Å². The molecule has 0 bridgehead atoms. The lowest BCUT2D eigenvalue weighted by Crippen LogP contribution is -2.31. The zero-order chi connectivity index (χ0) is 20.2. The van der Waals surface area contributed by atoms with Gasteiger partial charge in [0.2, 0.25) is 10.0 Å². The standard InChI is InChI=1S/C20H26N2O4S/c1-15-10-11-17(27(24,25)21(3)4)14-18(15)20(23)22(5)12-13-26-19-9-7-6-8-16(19)2/h6-11,14H,12-13H2,1-5H3. The maximum Gasteiger partial charge on any atom is 0.254 e. The molecule has 7 heteroatoms. The minimum absolute atomic E-state index is 0.103. The number of carbonyl (C=O) groups is 1. The van der Waals surface area contributed by atoms with Gasteiger partial charge in [-0.25, -0.2) is 12.7 Å². The van der Waals surface area contributed by atoms with Crippen LogP contribution in [0.25, 0.3) is 0 Å². The summed E-state index contributed by atoms with van der Waals surface area (Å²) < 4.78 is 31.5. The lowest BCUT2D eigenvalue weighted by molar-refractivity contribution is 0.0772. The van der Waals surface area contributed by atoms with Gasteiger partial charge in [0.15, 0.2) is 0 Å². The largest absolute Gasteiger partial charge is 0.491 e. The topological polar surface area (TPSA) is 66.9 Å². The van der Waals surface area contributed by atoms with Gasteiger partial charge in [-0.2, -0.15) is 0 Å². The maximum atomic E-state index is 12.8. The van der Waals surface area contributed by atoms with Crippen molar-refractivity contribution in [1.29, 1.82) is 0 Å². The number of carbonyl (C=O) groups excluding carboxylic acids is 1. The van der Waals surface area contributed by atoms with Crippen LogP contribution in [-0.2, 0) is 10.0 Å². The van der Waals surface area contributed by atoms with Gasteiger partial charge in [-0.1, -0.05) is 24.3 Å². The summed E-state index contributed by atoms with van der Waals surface area (Å²) in [6.45, 7) is 4.49. The summed E-state index contributed by atoms with van der Waals surface area (Å²) in [6, 6.07) is 12.3. The van der Waals surface area contributed by atoms with E-state index in [9.17, 15) is 13.2 Å². The number of sulfonamides is 1. The van der Waals surface area contributed by atoms with Crippen LogP contribution in [0.15, 0.2) is 47.4 Å². The van der Waals surface area contributed by atoms with Gasteiger partial charge >= 0.3 is 0 Å². The molecule has 2 aromatic rings. The number of ether oxygens (including phenoxy) is 1. The zero-order valence-corrected chi connectivity index (χ0v) is 17.2. The first-order chi connectivity index (χ1) is 12.6. The zero-order valence-electron chi connectivity index (χ0n) is 16.4. The monoisotopic (exact) mass is 390 g/mol. The minimum Gasteiger partial charge on any atom is -0.491 e. The van der Waals surface area contributed by atoms with Crippen LogP contribution in [0.3, 0.4) is 0 Å². The van der Waals surface area contributed by atoms with Crippen LogP contribution in [0.1, 0.15) is 21.5 Å². The summed E-state index contributed by atoms with van der Waals surface area (Å²) in [6.07, 6.45) is 0. The highest BCUT2D eigenvalue weighted by atomic mass is 32.2. The fourth-order valence-electron chi connectivity index (χ4n) is 2.52. The Hall–Kier alpha value is -2.38. The molecular weight excluding hydrogens is 364 g/mol. The van der Waals surface area contributed by atoms with Gasteiger partial charge < -0.3 is 9.64 Å². The molecule has 0 aliphatic rings. The van der Waals surface area contributed by atoms with E-state index in [2.05, 4.69) is 0 Å². The smallest absolute Gasteiger partial charge is 0.254 e. The van der Waals surface area contributed by atoms with Gasteiger partial charge in [0, 0.05) is 26.7 Å². The van der Waals surface area contributed by atoms with Crippen molar-refractivity contribution in [3.8, 4) is 5.75 Å². The Morgan fingerprint density at radius 3 is 2.30 bits per heavy atom. The molecule has 0 aliphatic carbocycles. The number of aryl methyl sites for hydroxylation is 2. The number of benzene rings is 2. The molecule has 0 radical (unpaired) electrons. The van der Waals surface area contributed by atoms with Crippen molar-refractivity contribution >= 4 is 15.9 Å². The predicted octanol–water partition coefficient (Wildman–Crippen LogP) is 2.70.